The van der Waals surface area contributed by atoms with Crippen LogP contribution in [0.5, 0.6) is 0 Å². The first-order valence-electron chi connectivity index (χ1n) is 7.43. The van der Waals surface area contributed by atoms with Gasteiger partial charge in [-0.05, 0) is 13.3 Å². The first-order valence-corrected chi connectivity index (χ1v) is 7.43. The van der Waals surface area contributed by atoms with Crippen LogP contribution in [-0.2, 0) is 4.79 Å². The Morgan fingerprint density at radius 1 is 1.35 bits per heavy atom. The molecule has 1 aliphatic heterocycles. The van der Waals surface area contributed by atoms with E-state index in [0.717, 1.165) is 19.3 Å². The number of likely N-dealkylation sites (tertiary alicyclic amines) is 1. The monoisotopic (exact) mass is 286 g/mol. The lowest BCUT2D eigenvalue weighted by atomic mass is 10.1. The Kier molecular flexibility index (Phi) is 6.78. The number of aliphatic carboxylic acids is 1. The maximum absolute atomic E-state index is 12.0. The van der Waals surface area contributed by atoms with Gasteiger partial charge in [-0.1, -0.05) is 32.6 Å². The van der Waals surface area contributed by atoms with Gasteiger partial charge in [0.05, 0.1) is 6.10 Å². The van der Waals surface area contributed by atoms with E-state index in [4.69, 9.17) is 5.11 Å². The van der Waals surface area contributed by atoms with Crippen molar-refractivity contribution in [2.24, 2.45) is 0 Å². The van der Waals surface area contributed by atoms with E-state index >= 15 is 0 Å². The molecule has 20 heavy (non-hydrogen) atoms. The molecule has 1 aliphatic rings. The molecule has 1 fully saturated rings. The third kappa shape index (κ3) is 5.00. The summed E-state index contributed by atoms with van der Waals surface area (Å²) in [5.74, 6) is -1.06. The maximum Gasteiger partial charge on any atom is 0.326 e. The average molecular weight is 286 g/mol. The molecule has 0 bridgehead atoms. The van der Waals surface area contributed by atoms with Gasteiger partial charge in [-0.3, -0.25) is 0 Å². The van der Waals surface area contributed by atoms with Crippen molar-refractivity contribution in [1.29, 1.82) is 0 Å². The summed E-state index contributed by atoms with van der Waals surface area (Å²) in [4.78, 5) is 24.3. The Morgan fingerprint density at radius 2 is 2.05 bits per heavy atom. The summed E-state index contributed by atoms with van der Waals surface area (Å²) in [6.45, 7) is 4.16. The molecule has 2 amide bonds. The smallest absolute Gasteiger partial charge is 0.326 e. The molecule has 1 unspecified atom stereocenters. The Morgan fingerprint density at radius 3 is 2.65 bits per heavy atom. The lowest BCUT2D eigenvalue weighted by Crippen LogP contribution is -2.48. The fourth-order valence-electron chi connectivity index (χ4n) is 2.52. The predicted octanol–water partition coefficient (Wildman–Crippen LogP) is 1.57. The summed E-state index contributed by atoms with van der Waals surface area (Å²) in [7, 11) is 0. The number of nitrogens with zero attached hydrogens (tertiary/aromatic N) is 1. The average Bonchev–Trinajstić information content (AvgIpc) is 2.77. The number of aliphatic hydroxyl groups excluding tert-OH is 1. The number of rotatable bonds is 7. The SMILES string of the molecule is CCCCCCC(C)NC(=O)N1C[C@@H](O)C[C@H]1C(=O)O. The molecule has 116 valence electrons. The minimum absolute atomic E-state index is 0.0199. The predicted molar refractivity (Wildman–Crippen MR) is 75.5 cm³/mol. The number of β-amino-alcohol motifs (C(OH)–C–C–N with tert-alkyl or cyclic N) is 1. The number of amides is 2. The zero-order chi connectivity index (χ0) is 15.1. The number of urea groups is 1. The summed E-state index contributed by atoms with van der Waals surface area (Å²) >= 11 is 0. The molecule has 0 aromatic heterocycles. The van der Waals surface area contributed by atoms with E-state index in [1.165, 1.54) is 17.7 Å². The van der Waals surface area contributed by atoms with E-state index in [-0.39, 0.29) is 19.0 Å². The minimum atomic E-state index is -1.06. The third-order valence-corrected chi connectivity index (χ3v) is 3.69. The van der Waals surface area contributed by atoms with E-state index in [2.05, 4.69) is 12.2 Å². The molecule has 0 aromatic carbocycles. The fourth-order valence-corrected chi connectivity index (χ4v) is 2.52. The van der Waals surface area contributed by atoms with Gasteiger partial charge in [0.2, 0.25) is 0 Å². The normalized spacial score (nSPS) is 23.6. The van der Waals surface area contributed by atoms with Crippen molar-refractivity contribution in [3.63, 3.8) is 0 Å². The number of unbranched alkanes of at least 4 members (excludes halogenated alkanes) is 3. The van der Waals surface area contributed by atoms with E-state index in [0.29, 0.717) is 0 Å². The van der Waals surface area contributed by atoms with Gasteiger partial charge in [0.1, 0.15) is 6.04 Å². The number of hydrogen-bond donors (Lipinski definition) is 3. The van der Waals surface area contributed by atoms with Gasteiger partial charge in [0, 0.05) is 19.0 Å². The molecule has 1 rings (SSSR count). The number of carbonyl (C=O) groups excluding carboxylic acids is 1. The third-order valence-electron chi connectivity index (χ3n) is 3.69. The largest absolute Gasteiger partial charge is 0.480 e. The van der Waals surface area contributed by atoms with Crippen molar-refractivity contribution in [1.82, 2.24) is 10.2 Å². The molecular weight excluding hydrogens is 260 g/mol. The van der Waals surface area contributed by atoms with Crippen LogP contribution >= 0.6 is 0 Å². The van der Waals surface area contributed by atoms with Gasteiger partial charge in [-0.2, -0.15) is 0 Å². The highest BCUT2D eigenvalue weighted by molar-refractivity contribution is 5.83. The lowest BCUT2D eigenvalue weighted by molar-refractivity contribution is -0.141. The van der Waals surface area contributed by atoms with Gasteiger partial charge in [0.15, 0.2) is 0 Å². The second-order valence-electron chi connectivity index (χ2n) is 5.60. The van der Waals surface area contributed by atoms with Gasteiger partial charge < -0.3 is 20.4 Å². The van der Waals surface area contributed by atoms with Gasteiger partial charge in [-0.25, -0.2) is 9.59 Å². The molecule has 1 heterocycles. The number of aliphatic hydroxyl groups is 1. The highest BCUT2D eigenvalue weighted by Crippen LogP contribution is 2.18. The maximum atomic E-state index is 12.0. The lowest BCUT2D eigenvalue weighted by Gasteiger charge is -2.24. The van der Waals surface area contributed by atoms with Crippen LogP contribution in [0.4, 0.5) is 4.79 Å². The first kappa shape index (κ1) is 16.8. The molecule has 3 atom stereocenters. The molecule has 1 saturated heterocycles. The molecule has 0 saturated carbocycles. The summed E-state index contributed by atoms with van der Waals surface area (Å²) in [5.41, 5.74) is 0. The Hall–Kier alpha value is -1.30. The number of carboxylic acids is 1. The molecule has 0 radical (unpaired) electrons. The highest BCUT2D eigenvalue weighted by atomic mass is 16.4. The number of carboxylic acid groups (broad SMARTS) is 1. The van der Waals surface area contributed by atoms with Crippen molar-refractivity contribution >= 4 is 12.0 Å². The summed E-state index contributed by atoms with van der Waals surface area (Å²) in [6.07, 6.45) is 4.82. The topological polar surface area (TPSA) is 89.9 Å². The van der Waals surface area contributed by atoms with E-state index in [1.807, 2.05) is 6.92 Å². The molecule has 6 heteroatoms. The van der Waals surface area contributed by atoms with E-state index in [1.54, 1.807) is 0 Å². The number of nitrogens with one attached hydrogen (secondary N) is 1. The summed E-state index contributed by atoms with van der Waals surface area (Å²) in [6, 6.07) is -1.29. The molecule has 0 spiro atoms. The van der Waals surface area contributed by atoms with Crippen LogP contribution in [0.3, 0.4) is 0 Å². The van der Waals surface area contributed by atoms with Crippen molar-refractivity contribution in [2.45, 2.75) is 70.6 Å². The van der Waals surface area contributed by atoms with E-state index < -0.39 is 24.1 Å². The quantitative estimate of drug-likeness (QED) is 0.620. The summed E-state index contributed by atoms with van der Waals surface area (Å²) in [5, 5.41) is 21.4. The van der Waals surface area contributed by atoms with Gasteiger partial charge in [0.25, 0.3) is 0 Å². The van der Waals surface area contributed by atoms with Crippen LogP contribution < -0.4 is 5.32 Å². The van der Waals surface area contributed by atoms with Crippen LogP contribution in [0, 0.1) is 0 Å². The Bertz CT molecular complexity index is 335. The summed E-state index contributed by atoms with van der Waals surface area (Å²) < 4.78 is 0. The first-order chi connectivity index (χ1) is 9.45. The highest BCUT2D eigenvalue weighted by Gasteiger charge is 2.39. The Labute approximate surface area is 120 Å². The minimum Gasteiger partial charge on any atom is -0.480 e. The standard InChI is InChI=1S/C14H26N2O4/c1-3-4-5-6-7-10(2)15-14(20)16-9-11(17)8-12(16)13(18)19/h10-12,17H,3-9H2,1-2H3,(H,15,20)(H,18,19)/t10?,11-,12-/m0/s1. The van der Waals surface area contributed by atoms with Gasteiger partial charge in [-0.15, -0.1) is 0 Å². The van der Waals surface area contributed by atoms with Crippen LogP contribution in [0.15, 0.2) is 0 Å². The molecule has 3 N–H and O–H groups in total. The molecule has 0 aliphatic carbocycles. The second-order valence-corrected chi connectivity index (χ2v) is 5.60. The number of hydrogen-bond acceptors (Lipinski definition) is 3. The van der Waals surface area contributed by atoms with E-state index in [9.17, 15) is 14.7 Å². The fraction of sp³-hybridized carbons (Fsp3) is 0.857. The van der Waals surface area contributed by atoms with Crippen LogP contribution in [-0.4, -0.2) is 51.8 Å². The second kappa shape index (κ2) is 8.09. The van der Waals surface area contributed by atoms with Crippen LogP contribution in [0.25, 0.3) is 0 Å². The zero-order valence-corrected chi connectivity index (χ0v) is 12.3. The molecule has 6 nitrogen and oxygen atoms in total. The van der Waals surface area contributed by atoms with Crippen molar-refractivity contribution in [3.05, 3.63) is 0 Å². The van der Waals surface area contributed by atoms with Crippen molar-refractivity contribution in [3.8, 4) is 0 Å². The molecule has 0 aromatic rings. The Balaban J connectivity index is 2.39. The van der Waals surface area contributed by atoms with Crippen molar-refractivity contribution in [2.75, 3.05) is 6.54 Å². The van der Waals surface area contributed by atoms with Crippen molar-refractivity contribution < 1.29 is 19.8 Å². The van der Waals surface area contributed by atoms with Crippen LogP contribution in [0.1, 0.15) is 52.4 Å². The number of carbonyl (C=O) groups is 2. The zero-order valence-electron chi connectivity index (χ0n) is 12.3. The van der Waals surface area contributed by atoms with Gasteiger partial charge >= 0.3 is 12.0 Å². The van der Waals surface area contributed by atoms with Crippen LogP contribution in [0.2, 0.25) is 0 Å². The molecular formula is C14H26N2O4.